The minimum Gasteiger partial charge on any atom is -0.494 e. The maximum atomic E-state index is 14.3. The lowest BCUT2D eigenvalue weighted by atomic mass is 9.87. The Labute approximate surface area is 257 Å². The summed E-state index contributed by atoms with van der Waals surface area (Å²) in [4.78, 5) is 29.0. The van der Waals surface area contributed by atoms with Gasteiger partial charge in [-0.15, -0.1) is 0 Å². The van der Waals surface area contributed by atoms with Gasteiger partial charge in [0.25, 0.3) is 5.91 Å². The van der Waals surface area contributed by atoms with E-state index in [-0.39, 0.29) is 29.7 Å². The number of aromatic nitrogens is 4. The molecule has 2 aliphatic rings. The van der Waals surface area contributed by atoms with Gasteiger partial charge in [-0.25, -0.2) is 9.37 Å². The highest BCUT2D eigenvalue weighted by Crippen LogP contribution is 2.46. The highest BCUT2D eigenvalue weighted by atomic mass is 79.9. The molecule has 2 aliphatic heterocycles. The molecule has 1 aromatic carbocycles. The second-order valence-corrected chi connectivity index (χ2v) is 11.6. The number of piperidine rings is 1. The number of amides is 1. The van der Waals surface area contributed by atoms with E-state index >= 15 is 0 Å². The molecule has 2 fully saturated rings. The highest BCUT2D eigenvalue weighted by molar-refractivity contribution is 9.10. The first-order valence-corrected chi connectivity index (χ1v) is 15.0. The molecule has 2 atom stereocenters. The molecule has 0 saturated carbocycles. The number of benzene rings is 1. The molecule has 0 spiro atoms. The van der Waals surface area contributed by atoms with Crippen LogP contribution in [-0.4, -0.2) is 62.5 Å². The smallest absolute Gasteiger partial charge is 0.270 e. The summed E-state index contributed by atoms with van der Waals surface area (Å²) in [6.45, 7) is 6.49. The number of fused-ring (bicyclic) bond motifs is 3. The second kappa shape index (κ2) is 11.8. The number of nitrogen functional groups attached to an aromatic ring is 1. The van der Waals surface area contributed by atoms with Crippen LogP contribution in [0.4, 0.5) is 10.2 Å². The summed E-state index contributed by atoms with van der Waals surface area (Å²) in [6.07, 6.45) is 8.41. The number of methoxy groups -OCH3 is 1. The van der Waals surface area contributed by atoms with Crippen molar-refractivity contribution in [2.75, 3.05) is 19.4 Å². The molecule has 222 valence electrons. The largest absolute Gasteiger partial charge is 0.494 e. The third-order valence-corrected chi connectivity index (χ3v) is 9.11. The molecule has 43 heavy (non-hydrogen) atoms. The van der Waals surface area contributed by atoms with Gasteiger partial charge in [-0.1, -0.05) is 12.6 Å². The first-order valence-electron chi connectivity index (χ1n) is 14.2. The van der Waals surface area contributed by atoms with Crippen molar-refractivity contribution in [2.24, 2.45) is 4.99 Å². The molecular weight excluding hydrogens is 615 g/mol. The van der Waals surface area contributed by atoms with E-state index in [1.165, 1.54) is 19.5 Å². The quantitative estimate of drug-likeness (QED) is 0.150. The Morgan fingerprint density at radius 1 is 1.23 bits per heavy atom. The van der Waals surface area contributed by atoms with E-state index < -0.39 is 5.82 Å². The van der Waals surface area contributed by atoms with Crippen LogP contribution in [0.1, 0.15) is 44.2 Å². The van der Waals surface area contributed by atoms with Crippen LogP contribution in [0.3, 0.4) is 0 Å². The molecule has 10 nitrogen and oxygen atoms in total. The van der Waals surface area contributed by atoms with Crippen molar-refractivity contribution < 1.29 is 13.9 Å². The van der Waals surface area contributed by atoms with Crippen molar-refractivity contribution in [3.05, 3.63) is 71.0 Å². The van der Waals surface area contributed by atoms with Gasteiger partial charge in [0.05, 0.1) is 41.2 Å². The number of nitrogens with zero attached hydrogens (tertiary/aromatic N) is 6. The summed E-state index contributed by atoms with van der Waals surface area (Å²) in [6, 6.07) is 8.69. The number of hydrogen-bond donors (Lipinski definition) is 2. The molecule has 12 heteroatoms. The predicted octanol–water partition coefficient (Wildman–Crippen LogP) is 5.34. The SMILES string of the molecule is C=C(N/C=N\CC)C(=O)N1C2CCC1CC(c1nc3c(-c4ccc(-c5ccc(OC)c(F)c5)nc4)cnn3c(N)c1Br)C2. The summed E-state index contributed by atoms with van der Waals surface area (Å²) in [5, 5.41) is 7.43. The zero-order valence-corrected chi connectivity index (χ0v) is 25.5. The monoisotopic (exact) mass is 646 g/mol. The topological polar surface area (TPSA) is 123 Å². The van der Waals surface area contributed by atoms with Crippen molar-refractivity contribution in [2.45, 2.75) is 50.6 Å². The second-order valence-electron chi connectivity index (χ2n) is 10.8. The fourth-order valence-corrected chi connectivity index (χ4v) is 6.78. The predicted molar refractivity (Wildman–Crippen MR) is 167 cm³/mol. The van der Waals surface area contributed by atoms with E-state index in [0.29, 0.717) is 35.0 Å². The molecule has 2 unspecified atom stereocenters. The van der Waals surface area contributed by atoms with E-state index in [1.54, 1.807) is 29.0 Å². The molecule has 2 bridgehead atoms. The Morgan fingerprint density at radius 2 is 1.98 bits per heavy atom. The summed E-state index contributed by atoms with van der Waals surface area (Å²) < 4.78 is 21.6. The normalized spacial score (nSPS) is 19.7. The Balaban J connectivity index is 1.27. The molecule has 0 aliphatic carbocycles. The minimum absolute atomic E-state index is 0.0816. The molecule has 2 saturated heterocycles. The van der Waals surface area contributed by atoms with Crippen molar-refractivity contribution in [3.8, 4) is 28.1 Å². The fourth-order valence-electron chi connectivity index (χ4n) is 6.20. The van der Waals surface area contributed by atoms with E-state index in [9.17, 15) is 9.18 Å². The molecule has 0 radical (unpaired) electrons. The van der Waals surface area contributed by atoms with Gasteiger partial charge in [0.1, 0.15) is 5.82 Å². The molecular formula is C31H32BrFN8O2. The van der Waals surface area contributed by atoms with Crippen LogP contribution in [0.5, 0.6) is 5.75 Å². The fraction of sp³-hybridized carbons (Fsp3) is 0.323. The maximum absolute atomic E-state index is 14.3. The number of carbonyl (C=O) groups excluding carboxylic acids is 1. The lowest BCUT2D eigenvalue weighted by Gasteiger charge is -2.39. The van der Waals surface area contributed by atoms with Crippen LogP contribution >= 0.6 is 15.9 Å². The summed E-state index contributed by atoms with van der Waals surface area (Å²) in [5.41, 5.74) is 11.3. The Kier molecular flexibility index (Phi) is 7.87. The van der Waals surface area contributed by atoms with Gasteiger partial charge in [-0.3, -0.25) is 14.8 Å². The number of nitrogens with one attached hydrogen (secondary N) is 1. The maximum Gasteiger partial charge on any atom is 0.270 e. The molecule has 3 aromatic heterocycles. The van der Waals surface area contributed by atoms with Crippen LogP contribution in [0, 0.1) is 5.82 Å². The van der Waals surface area contributed by atoms with E-state index in [4.69, 9.17) is 15.5 Å². The Hall–Kier alpha value is -4.32. The molecule has 5 heterocycles. The van der Waals surface area contributed by atoms with Gasteiger partial charge < -0.3 is 20.7 Å². The van der Waals surface area contributed by atoms with E-state index in [1.807, 2.05) is 24.0 Å². The van der Waals surface area contributed by atoms with Crippen molar-refractivity contribution in [3.63, 3.8) is 0 Å². The summed E-state index contributed by atoms with van der Waals surface area (Å²) in [7, 11) is 1.43. The summed E-state index contributed by atoms with van der Waals surface area (Å²) >= 11 is 3.70. The van der Waals surface area contributed by atoms with Crippen LogP contribution in [-0.2, 0) is 4.79 Å². The summed E-state index contributed by atoms with van der Waals surface area (Å²) in [5.74, 6) is 0.227. The minimum atomic E-state index is -0.446. The molecule has 4 aromatic rings. The van der Waals surface area contributed by atoms with Gasteiger partial charge in [0, 0.05) is 47.4 Å². The molecule has 3 N–H and O–H groups in total. The molecule has 6 rings (SSSR count). The number of hydrogen-bond acceptors (Lipinski definition) is 7. The number of aliphatic imine (C=N–C) groups is 1. The third kappa shape index (κ3) is 5.24. The van der Waals surface area contributed by atoms with Gasteiger partial charge in [0.15, 0.2) is 17.2 Å². The number of anilines is 1. The first-order chi connectivity index (χ1) is 20.8. The van der Waals surface area contributed by atoms with Crippen LogP contribution < -0.4 is 15.8 Å². The Morgan fingerprint density at radius 3 is 2.63 bits per heavy atom. The van der Waals surface area contributed by atoms with Gasteiger partial charge in [-0.2, -0.15) is 9.61 Å². The van der Waals surface area contributed by atoms with Crippen molar-refractivity contribution in [1.29, 1.82) is 0 Å². The standard InChI is InChI=1S/C31H32BrFN8O2/c1-4-35-16-37-17(2)31(42)40-21-7-8-22(40)12-20(11-21)28-27(32)29(34)41-30(39-28)23(15-38-41)19-5-9-25(36-14-19)18-6-10-26(43-3)24(33)13-18/h5-6,9-10,13-16,20-22H,2,4,7-8,11-12,34H2,1,3H3,(H,35,37). The van der Waals surface area contributed by atoms with Gasteiger partial charge in [-0.05, 0) is 72.8 Å². The average Bonchev–Trinajstić information content (AvgIpc) is 3.56. The van der Waals surface area contributed by atoms with E-state index in [2.05, 4.69) is 42.9 Å². The first kappa shape index (κ1) is 28.8. The van der Waals surface area contributed by atoms with Crippen molar-refractivity contribution in [1.82, 2.24) is 29.8 Å². The van der Waals surface area contributed by atoms with Gasteiger partial charge >= 0.3 is 0 Å². The van der Waals surface area contributed by atoms with Gasteiger partial charge in [0.2, 0.25) is 0 Å². The number of ether oxygens (including phenoxy) is 1. The van der Waals surface area contributed by atoms with E-state index in [0.717, 1.165) is 47.0 Å². The van der Waals surface area contributed by atoms with Crippen molar-refractivity contribution >= 4 is 39.6 Å². The number of rotatable bonds is 8. The lowest BCUT2D eigenvalue weighted by Crippen LogP contribution is -2.48. The van der Waals surface area contributed by atoms with Crippen LogP contribution in [0.15, 0.2) is 64.5 Å². The lowest BCUT2D eigenvalue weighted by molar-refractivity contribution is -0.131. The highest BCUT2D eigenvalue weighted by Gasteiger charge is 2.45. The zero-order valence-electron chi connectivity index (χ0n) is 23.9. The number of pyridine rings is 1. The average molecular weight is 648 g/mol. The number of halogens is 2. The third-order valence-electron chi connectivity index (χ3n) is 8.30. The molecule has 1 amide bonds. The number of carbonyl (C=O) groups is 1. The zero-order chi connectivity index (χ0) is 30.2. The van der Waals surface area contributed by atoms with Crippen LogP contribution in [0.25, 0.3) is 28.0 Å². The Bertz CT molecular complexity index is 1720. The van der Waals surface area contributed by atoms with Crippen LogP contribution in [0.2, 0.25) is 0 Å². The number of nitrogens with two attached hydrogens (primary N) is 1.